The van der Waals surface area contributed by atoms with Crippen LogP contribution in [0.15, 0.2) is 6.33 Å². The third kappa shape index (κ3) is 3.38. The standard InChI is InChI=1S/C8H10N6O2/c1-14-5-12-6(13-14)4-11-8(16)7(15)10-3-2-9/h5H,3-4H2,1H3,(H,10,15)(H,11,16). The number of nitrogens with zero attached hydrogens (tertiary/aromatic N) is 4. The van der Waals surface area contributed by atoms with E-state index in [1.807, 2.05) is 0 Å². The molecule has 1 aromatic heterocycles. The van der Waals surface area contributed by atoms with Gasteiger partial charge in [0.05, 0.1) is 12.6 Å². The van der Waals surface area contributed by atoms with E-state index in [0.717, 1.165) is 0 Å². The molecule has 16 heavy (non-hydrogen) atoms. The topological polar surface area (TPSA) is 113 Å². The number of carbonyl (C=O) groups excluding carboxylic acids is 2. The van der Waals surface area contributed by atoms with Crippen LogP contribution in [-0.4, -0.2) is 33.1 Å². The van der Waals surface area contributed by atoms with Gasteiger partial charge in [0, 0.05) is 7.05 Å². The first kappa shape index (κ1) is 11.6. The Labute approximate surface area is 91.3 Å². The Bertz CT molecular complexity index is 432. The maximum Gasteiger partial charge on any atom is 0.310 e. The number of nitrogens with one attached hydrogen (secondary N) is 2. The molecular weight excluding hydrogens is 212 g/mol. The quantitative estimate of drug-likeness (QED) is 0.457. The second kappa shape index (κ2) is 5.45. The summed E-state index contributed by atoms with van der Waals surface area (Å²) in [5, 5.41) is 16.5. The molecule has 1 rings (SSSR count). The summed E-state index contributed by atoms with van der Waals surface area (Å²) in [6.45, 7) is -0.131. The van der Waals surface area contributed by atoms with Crippen LogP contribution >= 0.6 is 0 Å². The van der Waals surface area contributed by atoms with Crippen LogP contribution in [0.5, 0.6) is 0 Å². The first-order valence-electron chi connectivity index (χ1n) is 4.41. The average Bonchev–Trinajstić information content (AvgIpc) is 2.68. The van der Waals surface area contributed by atoms with Gasteiger partial charge in [-0.25, -0.2) is 4.98 Å². The molecule has 1 heterocycles. The molecule has 0 spiro atoms. The molecule has 0 unspecified atom stereocenters. The number of hydrogen-bond acceptors (Lipinski definition) is 5. The van der Waals surface area contributed by atoms with E-state index in [2.05, 4.69) is 20.7 Å². The van der Waals surface area contributed by atoms with Gasteiger partial charge >= 0.3 is 11.8 Å². The maximum absolute atomic E-state index is 11.1. The molecule has 0 aromatic carbocycles. The highest BCUT2D eigenvalue weighted by atomic mass is 16.2. The summed E-state index contributed by atoms with van der Waals surface area (Å²) < 4.78 is 1.48. The van der Waals surface area contributed by atoms with Crippen LogP contribution in [0.4, 0.5) is 0 Å². The van der Waals surface area contributed by atoms with Crippen molar-refractivity contribution in [1.82, 2.24) is 25.4 Å². The van der Waals surface area contributed by atoms with E-state index < -0.39 is 11.8 Å². The molecule has 2 N–H and O–H groups in total. The molecule has 0 radical (unpaired) electrons. The summed E-state index contributed by atoms with van der Waals surface area (Å²) in [5.41, 5.74) is 0. The summed E-state index contributed by atoms with van der Waals surface area (Å²) in [5.74, 6) is -1.26. The summed E-state index contributed by atoms with van der Waals surface area (Å²) in [6.07, 6.45) is 1.48. The number of rotatable bonds is 3. The van der Waals surface area contributed by atoms with Crippen molar-refractivity contribution >= 4 is 11.8 Å². The van der Waals surface area contributed by atoms with Gasteiger partial charge in [0.2, 0.25) is 0 Å². The van der Waals surface area contributed by atoms with Crippen LogP contribution < -0.4 is 10.6 Å². The number of nitriles is 1. The molecule has 0 bridgehead atoms. The SMILES string of the molecule is Cn1cnc(CNC(=O)C(=O)NCC#N)n1. The predicted molar refractivity (Wildman–Crippen MR) is 51.5 cm³/mol. The number of carbonyl (C=O) groups is 2. The number of amides is 2. The van der Waals surface area contributed by atoms with E-state index in [4.69, 9.17) is 5.26 Å². The van der Waals surface area contributed by atoms with Crippen molar-refractivity contribution in [2.24, 2.45) is 7.05 Å². The van der Waals surface area contributed by atoms with Gasteiger partial charge in [-0.2, -0.15) is 10.4 Å². The highest BCUT2D eigenvalue weighted by Gasteiger charge is 2.12. The van der Waals surface area contributed by atoms with Crippen LogP contribution in [0, 0.1) is 11.3 Å². The zero-order valence-corrected chi connectivity index (χ0v) is 8.60. The highest BCUT2D eigenvalue weighted by Crippen LogP contribution is 1.86. The molecule has 0 atom stereocenters. The molecule has 0 saturated carbocycles. The zero-order valence-electron chi connectivity index (χ0n) is 8.60. The summed E-state index contributed by atoms with van der Waals surface area (Å²) >= 11 is 0. The van der Waals surface area contributed by atoms with Gasteiger partial charge in [-0.05, 0) is 0 Å². The lowest BCUT2D eigenvalue weighted by molar-refractivity contribution is -0.139. The van der Waals surface area contributed by atoms with Crippen LogP contribution in [0.1, 0.15) is 5.82 Å². The van der Waals surface area contributed by atoms with Gasteiger partial charge in [0.15, 0.2) is 5.82 Å². The van der Waals surface area contributed by atoms with E-state index in [1.54, 1.807) is 13.1 Å². The average molecular weight is 222 g/mol. The van der Waals surface area contributed by atoms with Gasteiger partial charge in [-0.15, -0.1) is 0 Å². The molecule has 1 aromatic rings. The van der Waals surface area contributed by atoms with Crippen molar-refractivity contribution in [1.29, 1.82) is 5.26 Å². The molecule has 0 aliphatic rings. The Kier molecular flexibility index (Phi) is 3.97. The van der Waals surface area contributed by atoms with Crippen molar-refractivity contribution in [3.63, 3.8) is 0 Å². The molecule has 2 amide bonds. The first-order valence-corrected chi connectivity index (χ1v) is 4.41. The van der Waals surface area contributed by atoms with Crippen molar-refractivity contribution in [3.8, 4) is 6.07 Å². The first-order chi connectivity index (χ1) is 7.63. The van der Waals surface area contributed by atoms with Gasteiger partial charge in [-0.3, -0.25) is 14.3 Å². The van der Waals surface area contributed by atoms with Crippen LogP contribution in [0.2, 0.25) is 0 Å². The summed E-state index contributed by atoms with van der Waals surface area (Å²) in [4.78, 5) is 26.0. The van der Waals surface area contributed by atoms with Gasteiger partial charge < -0.3 is 10.6 Å². The van der Waals surface area contributed by atoms with Crippen LogP contribution in [0.25, 0.3) is 0 Å². The normalized spacial score (nSPS) is 9.25. The van der Waals surface area contributed by atoms with Gasteiger partial charge in [0.1, 0.15) is 12.9 Å². The highest BCUT2D eigenvalue weighted by molar-refractivity contribution is 6.35. The molecule has 0 saturated heterocycles. The minimum Gasteiger partial charge on any atom is -0.340 e. The van der Waals surface area contributed by atoms with Crippen molar-refractivity contribution in [2.45, 2.75) is 6.54 Å². The van der Waals surface area contributed by atoms with E-state index in [0.29, 0.717) is 5.82 Å². The fourth-order valence-electron chi connectivity index (χ4n) is 0.905. The Morgan fingerprint density at radius 1 is 1.50 bits per heavy atom. The lowest BCUT2D eigenvalue weighted by Gasteiger charge is -2.01. The second-order valence-electron chi connectivity index (χ2n) is 2.86. The fourth-order valence-corrected chi connectivity index (χ4v) is 0.905. The van der Waals surface area contributed by atoms with E-state index >= 15 is 0 Å². The molecular formula is C8H10N6O2. The summed E-state index contributed by atoms with van der Waals surface area (Å²) in [6, 6.07) is 1.69. The van der Waals surface area contributed by atoms with Crippen molar-refractivity contribution < 1.29 is 9.59 Å². The Morgan fingerprint density at radius 3 is 2.75 bits per heavy atom. The molecule has 8 heteroatoms. The minimum absolute atomic E-state index is 0.0691. The Morgan fingerprint density at radius 2 is 2.19 bits per heavy atom. The van der Waals surface area contributed by atoms with Crippen LogP contribution in [-0.2, 0) is 23.2 Å². The maximum atomic E-state index is 11.1. The monoisotopic (exact) mass is 222 g/mol. The number of aromatic nitrogens is 3. The molecule has 0 aliphatic heterocycles. The zero-order chi connectivity index (χ0) is 12.0. The van der Waals surface area contributed by atoms with E-state index in [9.17, 15) is 9.59 Å². The minimum atomic E-state index is -0.850. The lowest BCUT2D eigenvalue weighted by Crippen LogP contribution is -2.39. The Hall–Kier alpha value is -2.43. The molecule has 0 fully saturated rings. The smallest absolute Gasteiger partial charge is 0.310 e. The Balaban J connectivity index is 2.35. The van der Waals surface area contributed by atoms with Crippen molar-refractivity contribution in [2.75, 3.05) is 6.54 Å². The lowest BCUT2D eigenvalue weighted by atomic mass is 10.5. The number of aryl methyl sites for hydroxylation is 1. The molecule has 84 valence electrons. The largest absolute Gasteiger partial charge is 0.340 e. The third-order valence-corrected chi connectivity index (χ3v) is 1.59. The molecule has 8 nitrogen and oxygen atoms in total. The predicted octanol–water partition coefficient (Wildman–Crippen LogP) is -1.93. The van der Waals surface area contributed by atoms with Gasteiger partial charge in [0.25, 0.3) is 0 Å². The van der Waals surface area contributed by atoms with Crippen molar-refractivity contribution in [3.05, 3.63) is 12.2 Å². The number of hydrogen-bond donors (Lipinski definition) is 2. The third-order valence-electron chi connectivity index (χ3n) is 1.59. The van der Waals surface area contributed by atoms with Crippen LogP contribution in [0.3, 0.4) is 0 Å². The van der Waals surface area contributed by atoms with E-state index in [1.165, 1.54) is 11.0 Å². The van der Waals surface area contributed by atoms with Gasteiger partial charge in [-0.1, -0.05) is 0 Å². The van der Waals surface area contributed by atoms with E-state index in [-0.39, 0.29) is 13.1 Å². The second-order valence-corrected chi connectivity index (χ2v) is 2.86. The fraction of sp³-hybridized carbons (Fsp3) is 0.375. The molecule has 0 aliphatic carbocycles. The summed E-state index contributed by atoms with van der Waals surface area (Å²) in [7, 11) is 1.69.